The fourth-order valence-electron chi connectivity index (χ4n) is 3.88. The number of nitrogens with zero attached hydrogens (tertiary/aromatic N) is 1. The Labute approximate surface area is 224 Å². The molecule has 0 heterocycles. The molecular weight excluding hydrogens is 488 g/mol. The van der Waals surface area contributed by atoms with Crippen molar-refractivity contribution in [2.45, 2.75) is 57.0 Å². The summed E-state index contributed by atoms with van der Waals surface area (Å²) < 4.78 is 0. The van der Waals surface area contributed by atoms with E-state index in [0.717, 1.165) is 34.4 Å². The smallest absolute Gasteiger partial charge is 0.243 e. The van der Waals surface area contributed by atoms with E-state index in [4.69, 9.17) is 11.6 Å². The SMILES string of the molecule is CCCCNC(=O)C(Cc1ccccc1)N(Cc1ccc(C)cc1)C(=O)CCSc1ccc(Cl)cc1. The number of amides is 2. The zero-order valence-electron chi connectivity index (χ0n) is 21.1. The lowest BCUT2D eigenvalue weighted by Crippen LogP contribution is -2.50. The number of carbonyl (C=O) groups excluding carboxylic acids is 2. The van der Waals surface area contributed by atoms with Crippen LogP contribution in [0.4, 0.5) is 0 Å². The van der Waals surface area contributed by atoms with Gasteiger partial charge in [-0.1, -0.05) is 85.1 Å². The second-order valence-electron chi connectivity index (χ2n) is 8.91. The molecule has 0 aliphatic rings. The van der Waals surface area contributed by atoms with E-state index in [1.165, 1.54) is 0 Å². The minimum Gasteiger partial charge on any atom is -0.354 e. The third-order valence-electron chi connectivity index (χ3n) is 5.97. The third-order valence-corrected chi connectivity index (χ3v) is 7.24. The number of carbonyl (C=O) groups is 2. The highest BCUT2D eigenvalue weighted by Crippen LogP contribution is 2.22. The van der Waals surface area contributed by atoms with E-state index >= 15 is 0 Å². The van der Waals surface area contributed by atoms with Crippen molar-refractivity contribution < 1.29 is 9.59 Å². The van der Waals surface area contributed by atoms with Gasteiger partial charge in [0.25, 0.3) is 0 Å². The van der Waals surface area contributed by atoms with Gasteiger partial charge in [-0.3, -0.25) is 9.59 Å². The standard InChI is InChI=1S/C30H35ClN2O2S/c1-3-4-19-32-30(35)28(21-24-8-6-5-7-9-24)33(22-25-12-10-23(2)11-13-25)29(34)18-20-36-27-16-14-26(31)15-17-27/h5-17,28H,3-4,18-22H2,1-2H3,(H,32,35). The third kappa shape index (κ3) is 9.03. The highest BCUT2D eigenvalue weighted by molar-refractivity contribution is 7.99. The first kappa shape index (κ1) is 27.8. The first-order valence-electron chi connectivity index (χ1n) is 12.5. The van der Waals surface area contributed by atoms with Gasteiger partial charge in [-0.2, -0.15) is 0 Å². The van der Waals surface area contributed by atoms with Crippen LogP contribution in [0.15, 0.2) is 83.8 Å². The Morgan fingerprint density at radius 1 is 0.944 bits per heavy atom. The summed E-state index contributed by atoms with van der Waals surface area (Å²) >= 11 is 7.61. The van der Waals surface area contributed by atoms with E-state index in [0.29, 0.717) is 36.7 Å². The van der Waals surface area contributed by atoms with Crippen LogP contribution >= 0.6 is 23.4 Å². The normalized spacial score (nSPS) is 11.6. The van der Waals surface area contributed by atoms with E-state index in [1.807, 2.05) is 85.8 Å². The molecule has 3 rings (SSSR count). The van der Waals surface area contributed by atoms with Crippen molar-refractivity contribution in [1.82, 2.24) is 10.2 Å². The number of hydrogen-bond donors (Lipinski definition) is 1. The number of aryl methyl sites for hydroxylation is 1. The molecule has 0 aliphatic carbocycles. The van der Waals surface area contributed by atoms with Crippen molar-refractivity contribution in [1.29, 1.82) is 0 Å². The van der Waals surface area contributed by atoms with Crippen LogP contribution in [0, 0.1) is 6.92 Å². The summed E-state index contributed by atoms with van der Waals surface area (Å²) in [5, 5.41) is 3.76. The molecule has 4 nitrogen and oxygen atoms in total. The molecule has 2 amide bonds. The fraction of sp³-hybridized carbons (Fsp3) is 0.333. The van der Waals surface area contributed by atoms with Crippen LogP contribution < -0.4 is 5.32 Å². The minimum atomic E-state index is -0.585. The van der Waals surface area contributed by atoms with Gasteiger partial charge in [-0.05, 0) is 48.7 Å². The van der Waals surface area contributed by atoms with E-state index < -0.39 is 6.04 Å². The Kier molecular flexibility index (Phi) is 11.4. The zero-order chi connectivity index (χ0) is 25.8. The van der Waals surface area contributed by atoms with Gasteiger partial charge in [0.15, 0.2) is 0 Å². The summed E-state index contributed by atoms with van der Waals surface area (Å²) in [5.74, 6) is 0.502. The Bertz CT molecular complexity index is 1090. The van der Waals surface area contributed by atoms with Crippen molar-refractivity contribution in [2.75, 3.05) is 12.3 Å². The number of hydrogen-bond acceptors (Lipinski definition) is 3. The van der Waals surface area contributed by atoms with E-state index in [2.05, 4.69) is 12.2 Å². The predicted molar refractivity (Wildman–Crippen MR) is 150 cm³/mol. The molecule has 1 atom stereocenters. The van der Waals surface area contributed by atoms with Crippen LogP contribution in [0.5, 0.6) is 0 Å². The molecule has 0 spiro atoms. The highest BCUT2D eigenvalue weighted by Gasteiger charge is 2.30. The molecule has 0 bridgehead atoms. The minimum absolute atomic E-state index is 0.0244. The maximum atomic E-state index is 13.6. The molecule has 1 N–H and O–H groups in total. The van der Waals surface area contributed by atoms with E-state index in [1.54, 1.807) is 16.7 Å². The van der Waals surface area contributed by atoms with Crippen LogP contribution in [-0.2, 0) is 22.6 Å². The van der Waals surface area contributed by atoms with Gasteiger partial charge in [-0.25, -0.2) is 0 Å². The lowest BCUT2D eigenvalue weighted by Gasteiger charge is -2.31. The summed E-state index contributed by atoms with van der Waals surface area (Å²) in [6.07, 6.45) is 2.72. The summed E-state index contributed by atoms with van der Waals surface area (Å²) in [6, 6.07) is 25.1. The molecule has 0 fully saturated rings. The number of benzene rings is 3. The first-order valence-corrected chi connectivity index (χ1v) is 13.9. The zero-order valence-corrected chi connectivity index (χ0v) is 22.7. The van der Waals surface area contributed by atoms with Crippen LogP contribution in [0.2, 0.25) is 5.02 Å². The highest BCUT2D eigenvalue weighted by atomic mass is 35.5. The molecule has 3 aromatic rings. The van der Waals surface area contributed by atoms with Gasteiger partial charge in [0.1, 0.15) is 6.04 Å². The molecule has 3 aromatic carbocycles. The van der Waals surface area contributed by atoms with Crippen molar-refractivity contribution in [2.24, 2.45) is 0 Å². The predicted octanol–water partition coefficient (Wildman–Crippen LogP) is 6.69. The molecule has 0 radical (unpaired) electrons. The Hall–Kier alpha value is -2.76. The van der Waals surface area contributed by atoms with Gasteiger partial charge >= 0.3 is 0 Å². The fourth-order valence-corrected chi connectivity index (χ4v) is 4.85. The topological polar surface area (TPSA) is 49.4 Å². The summed E-state index contributed by atoms with van der Waals surface area (Å²) in [4.78, 5) is 29.9. The molecule has 0 aromatic heterocycles. The van der Waals surface area contributed by atoms with Gasteiger partial charge in [0.2, 0.25) is 11.8 Å². The van der Waals surface area contributed by atoms with Crippen LogP contribution in [-0.4, -0.2) is 35.1 Å². The maximum Gasteiger partial charge on any atom is 0.243 e. The summed E-state index contributed by atoms with van der Waals surface area (Å²) in [6.45, 7) is 5.14. The average molecular weight is 523 g/mol. The molecule has 1 unspecified atom stereocenters. The van der Waals surface area contributed by atoms with Crippen molar-refractivity contribution in [3.8, 4) is 0 Å². The molecule has 36 heavy (non-hydrogen) atoms. The van der Waals surface area contributed by atoms with Gasteiger partial charge in [0.05, 0.1) is 0 Å². The van der Waals surface area contributed by atoms with Gasteiger partial charge < -0.3 is 10.2 Å². The van der Waals surface area contributed by atoms with Crippen molar-refractivity contribution in [3.63, 3.8) is 0 Å². The second-order valence-corrected chi connectivity index (χ2v) is 10.5. The monoisotopic (exact) mass is 522 g/mol. The van der Waals surface area contributed by atoms with Gasteiger partial charge in [-0.15, -0.1) is 11.8 Å². The molecule has 0 saturated carbocycles. The lowest BCUT2D eigenvalue weighted by molar-refractivity contribution is -0.141. The van der Waals surface area contributed by atoms with Crippen molar-refractivity contribution >= 4 is 35.2 Å². The number of thioether (sulfide) groups is 1. The molecular formula is C30H35ClN2O2S. The van der Waals surface area contributed by atoms with Crippen molar-refractivity contribution in [3.05, 3.63) is 101 Å². The molecule has 190 valence electrons. The Balaban J connectivity index is 1.81. The van der Waals surface area contributed by atoms with E-state index in [-0.39, 0.29) is 11.8 Å². The van der Waals surface area contributed by atoms with Crippen LogP contribution in [0.25, 0.3) is 0 Å². The largest absolute Gasteiger partial charge is 0.354 e. The quantitative estimate of drug-likeness (QED) is 0.201. The number of nitrogens with one attached hydrogen (secondary N) is 1. The average Bonchev–Trinajstić information content (AvgIpc) is 2.89. The van der Waals surface area contributed by atoms with Gasteiger partial charge in [0, 0.05) is 41.6 Å². The lowest BCUT2D eigenvalue weighted by atomic mass is 10.0. The van der Waals surface area contributed by atoms with Crippen LogP contribution in [0.1, 0.15) is 42.9 Å². The Morgan fingerprint density at radius 2 is 1.64 bits per heavy atom. The number of rotatable bonds is 13. The summed E-state index contributed by atoms with van der Waals surface area (Å²) in [5.41, 5.74) is 3.21. The molecule has 0 aliphatic heterocycles. The van der Waals surface area contributed by atoms with E-state index in [9.17, 15) is 9.59 Å². The first-order chi connectivity index (χ1) is 17.5. The maximum absolute atomic E-state index is 13.6. The number of unbranched alkanes of at least 4 members (excludes halogenated alkanes) is 1. The summed E-state index contributed by atoms with van der Waals surface area (Å²) in [7, 11) is 0. The number of halogens is 1. The molecule has 0 saturated heterocycles. The second kappa shape index (κ2) is 14.7. The van der Waals surface area contributed by atoms with Crippen LogP contribution in [0.3, 0.4) is 0 Å². The molecule has 6 heteroatoms. The Morgan fingerprint density at radius 3 is 2.31 bits per heavy atom.